The van der Waals surface area contributed by atoms with Crippen molar-refractivity contribution in [3.8, 4) is 0 Å². The third-order valence-corrected chi connectivity index (χ3v) is 2.91. The van der Waals surface area contributed by atoms with E-state index in [1.165, 1.54) is 0 Å². The van der Waals surface area contributed by atoms with Gasteiger partial charge in [0, 0.05) is 24.8 Å². The average Bonchev–Trinajstić information content (AvgIpc) is 2.34. The Labute approximate surface area is 109 Å². The van der Waals surface area contributed by atoms with Crippen LogP contribution in [0.5, 0.6) is 0 Å². The van der Waals surface area contributed by atoms with Crippen molar-refractivity contribution < 1.29 is 5.11 Å². The number of hydrogen-bond donors (Lipinski definition) is 3. The van der Waals surface area contributed by atoms with Crippen molar-refractivity contribution in [2.45, 2.75) is 46.6 Å². The minimum Gasteiger partial charge on any atom is -0.396 e. The number of rotatable bonds is 7. The van der Waals surface area contributed by atoms with Gasteiger partial charge in [0.25, 0.3) is 0 Å². The summed E-state index contributed by atoms with van der Waals surface area (Å²) in [6.07, 6.45) is 1.69. The van der Waals surface area contributed by atoms with E-state index in [2.05, 4.69) is 27.5 Å². The van der Waals surface area contributed by atoms with E-state index < -0.39 is 0 Å². The predicted octanol–water partition coefficient (Wildman–Crippen LogP) is 2.10. The molecule has 0 aliphatic rings. The lowest BCUT2D eigenvalue weighted by atomic mass is 10.1. The summed E-state index contributed by atoms with van der Waals surface area (Å²) in [5.41, 5.74) is 1.03. The molecule has 1 rings (SSSR count). The van der Waals surface area contributed by atoms with Gasteiger partial charge < -0.3 is 15.7 Å². The van der Waals surface area contributed by atoms with Crippen molar-refractivity contribution >= 4 is 11.6 Å². The number of nitrogens with one attached hydrogen (secondary N) is 2. The Kier molecular flexibility index (Phi) is 5.85. The molecule has 0 amide bonds. The zero-order chi connectivity index (χ0) is 13.5. The van der Waals surface area contributed by atoms with Gasteiger partial charge in [-0.05, 0) is 33.6 Å². The molecule has 0 bridgehead atoms. The molecule has 1 unspecified atom stereocenters. The van der Waals surface area contributed by atoms with Gasteiger partial charge in [0.15, 0.2) is 0 Å². The highest BCUT2D eigenvalue weighted by atomic mass is 16.3. The first-order valence-electron chi connectivity index (χ1n) is 6.58. The van der Waals surface area contributed by atoms with E-state index in [0.717, 1.165) is 42.4 Å². The minimum absolute atomic E-state index is 0.189. The van der Waals surface area contributed by atoms with Crippen LogP contribution < -0.4 is 10.6 Å². The molecule has 0 aliphatic heterocycles. The van der Waals surface area contributed by atoms with Crippen molar-refractivity contribution in [2.24, 2.45) is 0 Å². The quantitative estimate of drug-likeness (QED) is 0.693. The van der Waals surface area contributed by atoms with E-state index in [4.69, 9.17) is 5.11 Å². The first-order chi connectivity index (χ1) is 8.62. The maximum absolute atomic E-state index is 9.02. The van der Waals surface area contributed by atoms with Crippen molar-refractivity contribution in [3.05, 3.63) is 11.4 Å². The number of hydrogen-bond acceptors (Lipinski definition) is 5. The Bertz CT molecular complexity index is 381. The summed E-state index contributed by atoms with van der Waals surface area (Å²) >= 11 is 0. The van der Waals surface area contributed by atoms with Crippen LogP contribution in [0.25, 0.3) is 0 Å². The summed E-state index contributed by atoms with van der Waals surface area (Å²) in [6.45, 7) is 9.07. The van der Waals surface area contributed by atoms with Crippen LogP contribution in [0.3, 0.4) is 0 Å². The van der Waals surface area contributed by atoms with E-state index >= 15 is 0 Å². The molecule has 0 aromatic carbocycles. The number of aliphatic hydroxyl groups is 1. The summed E-state index contributed by atoms with van der Waals surface area (Å²) in [5, 5.41) is 15.6. The topological polar surface area (TPSA) is 70.1 Å². The van der Waals surface area contributed by atoms with Crippen LogP contribution in [0, 0.1) is 13.8 Å². The monoisotopic (exact) mass is 252 g/mol. The second-order valence-electron chi connectivity index (χ2n) is 4.39. The Morgan fingerprint density at radius 2 is 1.83 bits per heavy atom. The van der Waals surface area contributed by atoms with Gasteiger partial charge in [0.05, 0.1) is 0 Å². The number of aliphatic hydroxyl groups excluding tert-OH is 1. The van der Waals surface area contributed by atoms with Crippen molar-refractivity contribution in [3.63, 3.8) is 0 Å². The molecular weight excluding hydrogens is 228 g/mol. The summed E-state index contributed by atoms with van der Waals surface area (Å²) < 4.78 is 0. The highest BCUT2D eigenvalue weighted by Crippen LogP contribution is 2.21. The standard InChI is InChI=1S/C13H24N4O/c1-5-11(7-8-18)17-13-9(3)12(14-6-2)15-10(4)16-13/h11,18H,5-8H2,1-4H3,(H2,14,15,16,17). The molecule has 0 aliphatic carbocycles. The molecule has 102 valence electrons. The molecule has 0 saturated heterocycles. The Balaban J connectivity index is 2.93. The van der Waals surface area contributed by atoms with Gasteiger partial charge >= 0.3 is 0 Å². The van der Waals surface area contributed by atoms with Crippen LogP contribution in [0.4, 0.5) is 11.6 Å². The molecule has 1 aromatic heterocycles. The highest BCUT2D eigenvalue weighted by molar-refractivity contribution is 5.57. The zero-order valence-electron chi connectivity index (χ0n) is 11.7. The van der Waals surface area contributed by atoms with Gasteiger partial charge in [-0.25, -0.2) is 9.97 Å². The van der Waals surface area contributed by atoms with Crippen LogP contribution in [-0.2, 0) is 0 Å². The first kappa shape index (κ1) is 14.7. The lowest BCUT2D eigenvalue weighted by Gasteiger charge is -2.19. The van der Waals surface area contributed by atoms with Crippen LogP contribution in [-0.4, -0.2) is 34.3 Å². The maximum Gasteiger partial charge on any atom is 0.134 e. The molecule has 5 nitrogen and oxygen atoms in total. The molecule has 1 atom stereocenters. The molecular formula is C13H24N4O. The van der Waals surface area contributed by atoms with Crippen LogP contribution in [0.2, 0.25) is 0 Å². The van der Waals surface area contributed by atoms with Gasteiger partial charge in [-0.2, -0.15) is 0 Å². The summed E-state index contributed by atoms with van der Waals surface area (Å²) in [6, 6.07) is 0.248. The van der Waals surface area contributed by atoms with Gasteiger partial charge in [-0.3, -0.25) is 0 Å². The fraction of sp³-hybridized carbons (Fsp3) is 0.692. The van der Waals surface area contributed by atoms with Gasteiger partial charge in [0.1, 0.15) is 17.5 Å². The van der Waals surface area contributed by atoms with E-state index in [1.54, 1.807) is 0 Å². The number of anilines is 2. The molecule has 0 spiro atoms. The van der Waals surface area contributed by atoms with Crippen molar-refractivity contribution in [2.75, 3.05) is 23.8 Å². The fourth-order valence-corrected chi connectivity index (χ4v) is 1.84. The van der Waals surface area contributed by atoms with E-state index in [9.17, 15) is 0 Å². The molecule has 1 heterocycles. The van der Waals surface area contributed by atoms with E-state index in [0.29, 0.717) is 0 Å². The Morgan fingerprint density at radius 1 is 1.17 bits per heavy atom. The Morgan fingerprint density at radius 3 is 2.39 bits per heavy atom. The van der Waals surface area contributed by atoms with Crippen LogP contribution in [0.15, 0.2) is 0 Å². The summed E-state index contributed by atoms with van der Waals surface area (Å²) in [5.74, 6) is 2.49. The van der Waals surface area contributed by atoms with Crippen molar-refractivity contribution in [1.29, 1.82) is 0 Å². The SMILES string of the molecule is CCNc1nc(C)nc(NC(CC)CCO)c1C. The molecule has 18 heavy (non-hydrogen) atoms. The fourth-order valence-electron chi connectivity index (χ4n) is 1.84. The maximum atomic E-state index is 9.02. The zero-order valence-corrected chi connectivity index (χ0v) is 11.7. The number of nitrogens with zero attached hydrogens (tertiary/aromatic N) is 2. The van der Waals surface area contributed by atoms with E-state index in [-0.39, 0.29) is 12.6 Å². The van der Waals surface area contributed by atoms with Gasteiger partial charge in [0.2, 0.25) is 0 Å². The predicted molar refractivity (Wildman–Crippen MR) is 75.1 cm³/mol. The first-order valence-corrected chi connectivity index (χ1v) is 6.58. The highest BCUT2D eigenvalue weighted by Gasteiger charge is 2.12. The molecule has 3 N–H and O–H groups in total. The van der Waals surface area contributed by atoms with Crippen LogP contribution >= 0.6 is 0 Å². The summed E-state index contributed by atoms with van der Waals surface area (Å²) in [7, 11) is 0. The summed E-state index contributed by atoms with van der Waals surface area (Å²) in [4.78, 5) is 8.83. The lowest BCUT2D eigenvalue weighted by molar-refractivity contribution is 0.278. The second-order valence-corrected chi connectivity index (χ2v) is 4.39. The number of aryl methyl sites for hydroxylation is 1. The van der Waals surface area contributed by atoms with Crippen LogP contribution in [0.1, 0.15) is 38.1 Å². The average molecular weight is 252 g/mol. The molecule has 0 saturated carbocycles. The smallest absolute Gasteiger partial charge is 0.134 e. The van der Waals surface area contributed by atoms with Gasteiger partial charge in [-0.1, -0.05) is 6.92 Å². The molecule has 1 aromatic rings. The number of aromatic nitrogens is 2. The lowest BCUT2D eigenvalue weighted by Crippen LogP contribution is -2.22. The molecule has 0 radical (unpaired) electrons. The third-order valence-electron chi connectivity index (χ3n) is 2.91. The largest absolute Gasteiger partial charge is 0.396 e. The van der Waals surface area contributed by atoms with Gasteiger partial charge in [-0.15, -0.1) is 0 Å². The minimum atomic E-state index is 0.189. The normalized spacial score (nSPS) is 12.3. The second kappa shape index (κ2) is 7.16. The molecule has 0 fully saturated rings. The molecule has 5 heteroatoms. The van der Waals surface area contributed by atoms with Crippen molar-refractivity contribution in [1.82, 2.24) is 9.97 Å². The third kappa shape index (κ3) is 3.84. The van der Waals surface area contributed by atoms with E-state index in [1.807, 2.05) is 20.8 Å². The Hall–Kier alpha value is -1.36.